The Labute approximate surface area is 268 Å². The van der Waals surface area contributed by atoms with Gasteiger partial charge < -0.3 is 30.1 Å². The molecule has 5 atom stereocenters. The Morgan fingerprint density at radius 1 is 1.17 bits per heavy atom. The zero-order valence-corrected chi connectivity index (χ0v) is 27.0. The third-order valence-electron chi connectivity index (χ3n) is 8.66. The van der Waals surface area contributed by atoms with Crippen molar-refractivity contribution in [1.82, 2.24) is 20.4 Å². The number of likely N-dealkylation sites (tertiary alicyclic amines) is 1. The monoisotopic (exact) mass is 644 g/mol. The maximum Gasteiger partial charge on any atom is 0.410 e. The maximum absolute atomic E-state index is 14.3. The van der Waals surface area contributed by atoms with Crippen molar-refractivity contribution in [2.75, 3.05) is 6.54 Å². The molecule has 2 fully saturated rings. The Balaban J connectivity index is 1.54. The Bertz CT molecular complexity index is 1360. The third-order valence-corrected chi connectivity index (χ3v) is 8.66. The molecule has 0 spiro atoms. The molecule has 13 heteroatoms. The number of hydrogen-bond donors (Lipinski definition) is 3. The number of halogens is 1. The Hall–Kier alpha value is -4.16. The van der Waals surface area contributed by atoms with Crippen molar-refractivity contribution < 1.29 is 42.9 Å². The topological polar surface area (TPSA) is 155 Å². The van der Waals surface area contributed by atoms with Crippen LogP contribution in [0.25, 0.3) is 0 Å². The summed E-state index contributed by atoms with van der Waals surface area (Å²) in [5.74, 6) is -3.40. The van der Waals surface area contributed by atoms with Crippen molar-refractivity contribution in [2.24, 2.45) is 5.92 Å². The molecule has 1 aromatic rings. The minimum atomic E-state index is -1.54. The standard InChI is InChI=1S/C33H45FN4O8/c1-6-8-9-10-14-25(35-30(43)46-32(3,4)5)28(40)38-18-22(15-26(38)27(39)36-33(29(41)42)16-21(33)7-2)45-31(44)37-17-20-12-11-13-24(34)23(20)19-37/h7,11-13,21-22,25-26H,2,6,8-10,14-19H2,1,3-5H3,(H,35,43)(H,36,39)(H,41,42)/t21-,22-,25+,26?,33-/m1/s1. The average Bonchev–Trinajstić information content (AvgIpc) is 3.29. The van der Waals surface area contributed by atoms with E-state index in [0.717, 1.165) is 19.3 Å². The maximum atomic E-state index is 14.3. The van der Waals surface area contributed by atoms with E-state index >= 15 is 0 Å². The third kappa shape index (κ3) is 7.97. The summed E-state index contributed by atoms with van der Waals surface area (Å²) in [6.07, 6.45) is 2.71. The minimum absolute atomic E-state index is 0.0177. The summed E-state index contributed by atoms with van der Waals surface area (Å²) in [4.78, 5) is 68.4. The van der Waals surface area contributed by atoms with Crippen LogP contribution in [0.4, 0.5) is 14.0 Å². The van der Waals surface area contributed by atoms with Crippen LogP contribution in [0, 0.1) is 11.7 Å². The smallest absolute Gasteiger partial charge is 0.410 e. The molecule has 2 aliphatic heterocycles. The van der Waals surface area contributed by atoms with Gasteiger partial charge >= 0.3 is 18.2 Å². The van der Waals surface area contributed by atoms with E-state index in [2.05, 4.69) is 24.1 Å². The molecule has 1 aliphatic carbocycles. The van der Waals surface area contributed by atoms with Crippen LogP contribution >= 0.6 is 0 Å². The summed E-state index contributed by atoms with van der Waals surface area (Å²) < 4.78 is 25.4. The number of carboxylic acids is 1. The molecule has 2 heterocycles. The molecule has 0 bridgehead atoms. The lowest BCUT2D eigenvalue weighted by Gasteiger charge is -2.30. The van der Waals surface area contributed by atoms with E-state index in [9.17, 15) is 33.5 Å². The van der Waals surface area contributed by atoms with Gasteiger partial charge in [-0.1, -0.05) is 50.8 Å². The summed E-state index contributed by atoms with van der Waals surface area (Å²) in [6.45, 7) is 10.8. The number of ether oxygens (including phenoxy) is 2. The molecule has 0 aromatic heterocycles. The second kappa shape index (κ2) is 14.1. The van der Waals surface area contributed by atoms with Crippen LogP contribution in [0.15, 0.2) is 30.9 Å². The molecule has 4 rings (SSSR count). The molecule has 1 unspecified atom stereocenters. The molecule has 0 radical (unpaired) electrons. The van der Waals surface area contributed by atoms with E-state index in [-0.39, 0.29) is 38.9 Å². The van der Waals surface area contributed by atoms with Gasteiger partial charge in [0, 0.05) is 24.4 Å². The van der Waals surface area contributed by atoms with Gasteiger partial charge in [0.05, 0.1) is 13.1 Å². The van der Waals surface area contributed by atoms with Crippen molar-refractivity contribution in [3.05, 3.63) is 47.8 Å². The molecule has 4 amide bonds. The number of aliphatic carboxylic acids is 1. The van der Waals surface area contributed by atoms with Crippen molar-refractivity contribution in [2.45, 2.75) is 115 Å². The highest BCUT2D eigenvalue weighted by atomic mass is 19.1. The van der Waals surface area contributed by atoms with Gasteiger partial charge in [-0.15, -0.1) is 6.58 Å². The van der Waals surface area contributed by atoms with Gasteiger partial charge in [-0.2, -0.15) is 0 Å². The van der Waals surface area contributed by atoms with Crippen LogP contribution in [0.3, 0.4) is 0 Å². The molecule has 1 saturated heterocycles. The lowest BCUT2D eigenvalue weighted by molar-refractivity contribution is -0.145. The molecular weight excluding hydrogens is 599 g/mol. The first kappa shape index (κ1) is 34.7. The van der Waals surface area contributed by atoms with E-state index < -0.39 is 71.0 Å². The number of amides is 4. The largest absolute Gasteiger partial charge is 0.479 e. The molecule has 3 aliphatic rings. The molecule has 12 nitrogen and oxygen atoms in total. The summed E-state index contributed by atoms with van der Waals surface area (Å²) in [7, 11) is 0. The van der Waals surface area contributed by atoms with Gasteiger partial charge in [0.15, 0.2) is 0 Å². The Morgan fingerprint density at radius 3 is 2.52 bits per heavy atom. The van der Waals surface area contributed by atoms with E-state index in [1.54, 1.807) is 32.9 Å². The molecule has 1 saturated carbocycles. The molecular formula is C33H45FN4O8. The second-order valence-corrected chi connectivity index (χ2v) is 13.3. The number of hydrogen-bond acceptors (Lipinski definition) is 7. The first-order valence-corrected chi connectivity index (χ1v) is 15.9. The highest BCUT2D eigenvalue weighted by Crippen LogP contribution is 2.45. The van der Waals surface area contributed by atoms with Gasteiger partial charge in [0.2, 0.25) is 11.8 Å². The van der Waals surface area contributed by atoms with E-state index in [4.69, 9.17) is 9.47 Å². The molecule has 3 N–H and O–H groups in total. The second-order valence-electron chi connectivity index (χ2n) is 13.3. The van der Waals surface area contributed by atoms with Crippen LogP contribution in [0.5, 0.6) is 0 Å². The summed E-state index contributed by atoms with van der Waals surface area (Å²) >= 11 is 0. The lowest BCUT2D eigenvalue weighted by atomic mass is 10.1. The van der Waals surface area contributed by atoms with Crippen molar-refractivity contribution in [3.8, 4) is 0 Å². The van der Waals surface area contributed by atoms with Crippen molar-refractivity contribution in [1.29, 1.82) is 0 Å². The average molecular weight is 645 g/mol. The van der Waals surface area contributed by atoms with E-state index in [1.165, 1.54) is 21.9 Å². The van der Waals surface area contributed by atoms with Gasteiger partial charge in [0.1, 0.15) is 35.1 Å². The lowest BCUT2D eigenvalue weighted by Crippen LogP contribution is -2.56. The molecule has 46 heavy (non-hydrogen) atoms. The van der Waals surface area contributed by atoms with Crippen molar-refractivity contribution in [3.63, 3.8) is 0 Å². The van der Waals surface area contributed by atoms with Crippen LogP contribution < -0.4 is 10.6 Å². The zero-order valence-electron chi connectivity index (χ0n) is 27.0. The number of unbranched alkanes of at least 4 members (excludes halogenated alkanes) is 3. The predicted molar refractivity (Wildman–Crippen MR) is 165 cm³/mol. The fraction of sp³-hybridized carbons (Fsp3) is 0.606. The Kier molecular flexibility index (Phi) is 10.6. The molecule has 252 valence electrons. The number of nitrogens with one attached hydrogen (secondary N) is 2. The number of fused-ring (bicyclic) bond motifs is 1. The van der Waals surface area contributed by atoms with Crippen LogP contribution in [-0.2, 0) is 36.9 Å². The van der Waals surface area contributed by atoms with Gasteiger partial charge in [-0.3, -0.25) is 14.5 Å². The van der Waals surface area contributed by atoms with E-state index in [0.29, 0.717) is 17.5 Å². The number of carboxylic acid groups (broad SMARTS) is 1. The fourth-order valence-electron chi connectivity index (χ4n) is 6.10. The number of carbonyl (C=O) groups is 5. The first-order valence-electron chi connectivity index (χ1n) is 15.9. The Morgan fingerprint density at radius 2 is 1.91 bits per heavy atom. The summed E-state index contributed by atoms with van der Waals surface area (Å²) in [5.41, 5.74) is -1.29. The van der Waals surface area contributed by atoms with E-state index in [1.807, 2.05) is 0 Å². The first-order chi connectivity index (χ1) is 21.7. The quantitative estimate of drug-likeness (QED) is 0.225. The normalized spacial score (nSPS) is 24.1. The highest BCUT2D eigenvalue weighted by molar-refractivity contribution is 5.96. The number of carbonyl (C=O) groups excluding carboxylic acids is 4. The van der Waals surface area contributed by atoms with Gasteiger partial charge in [-0.05, 0) is 45.2 Å². The van der Waals surface area contributed by atoms with Crippen LogP contribution in [0.2, 0.25) is 0 Å². The van der Waals surface area contributed by atoms with Crippen LogP contribution in [-0.4, -0.2) is 80.7 Å². The summed E-state index contributed by atoms with van der Waals surface area (Å²) in [5, 5.41) is 15.1. The van der Waals surface area contributed by atoms with Gasteiger partial charge in [-0.25, -0.2) is 18.8 Å². The fourth-order valence-corrected chi connectivity index (χ4v) is 6.10. The zero-order chi connectivity index (χ0) is 33.8. The number of alkyl carbamates (subject to hydrolysis) is 1. The number of nitrogens with zero attached hydrogens (tertiary/aromatic N) is 2. The van der Waals surface area contributed by atoms with Crippen molar-refractivity contribution >= 4 is 30.0 Å². The highest BCUT2D eigenvalue weighted by Gasteiger charge is 2.61. The minimum Gasteiger partial charge on any atom is -0.479 e. The molecule has 1 aromatic carbocycles. The SMILES string of the molecule is C=C[C@@H]1C[C@]1(NC(=O)C1C[C@@H](OC(=O)N2Cc3cccc(F)c3C2)CN1C(=O)[C@H](CCCCCC)NC(=O)OC(C)(C)C)C(=O)O. The summed E-state index contributed by atoms with van der Waals surface area (Å²) in [6, 6.07) is 2.40. The number of rotatable bonds is 12. The number of benzene rings is 1. The van der Waals surface area contributed by atoms with Crippen LogP contribution in [0.1, 0.15) is 83.8 Å². The van der Waals surface area contributed by atoms with Gasteiger partial charge in [0.25, 0.3) is 0 Å². The predicted octanol–water partition coefficient (Wildman–Crippen LogP) is 4.26.